The summed E-state index contributed by atoms with van der Waals surface area (Å²) in [6.07, 6.45) is 0.459. The van der Waals surface area contributed by atoms with Gasteiger partial charge in [-0.2, -0.15) is 15.6 Å². The van der Waals surface area contributed by atoms with Crippen LogP contribution in [-0.2, 0) is 21.2 Å². The largest absolute Gasteiger partial charge is 0.497 e. The van der Waals surface area contributed by atoms with Crippen molar-refractivity contribution in [2.24, 2.45) is 5.92 Å². The molecule has 0 unspecified atom stereocenters. The Labute approximate surface area is 163 Å². The van der Waals surface area contributed by atoms with E-state index in [0.29, 0.717) is 12.2 Å². The minimum absolute atomic E-state index is 0.0602. The van der Waals surface area contributed by atoms with Gasteiger partial charge in [0.05, 0.1) is 12.0 Å². The number of nitrogens with zero attached hydrogens (tertiary/aromatic N) is 1. The third-order valence-electron chi connectivity index (χ3n) is 4.19. The van der Waals surface area contributed by atoms with Crippen molar-refractivity contribution >= 4 is 27.3 Å². The minimum Gasteiger partial charge on any atom is -0.497 e. The second kappa shape index (κ2) is 9.32. The van der Waals surface area contributed by atoms with Crippen LogP contribution < -0.4 is 10.2 Å². The summed E-state index contributed by atoms with van der Waals surface area (Å²) in [5.74, 6) is -0.563. The van der Waals surface area contributed by atoms with Crippen molar-refractivity contribution in [1.82, 2.24) is 9.79 Å². The summed E-state index contributed by atoms with van der Waals surface area (Å²) in [4.78, 5) is 12.3. The van der Waals surface area contributed by atoms with E-state index in [0.717, 1.165) is 9.87 Å². The predicted octanol–water partition coefficient (Wildman–Crippen LogP) is 2.52. The fourth-order valence-electron chi connectivity index (χ4n) is 2.80. The lowest BCUT2D eigenvalue weighted by atomic mass is 10.0. The van der Waals surface area contributed by atoms with Crippen molar-refractivity contribution in [2.45, 2.75) is 31.2 Å². The van der Waals surface area contributed by atoms with Crippen LogP contribution in [0.1, 0.15) is 19.4 Å². The molecule has 27 heavy (non-hydrogen) atoms. The van der Waals surface area contributed by atoms with E-state index in [1.54, 1.807) is 31.5 Å². The topological polar surface area (TPSA) is 95.9 Å². The van der Waals surface area contributed by atoms with Gasteiger partial charge in [0.25, 0.3) is 5.91 Å². The fraction of sp³-hybridized carbons (Fsp3) is 0.389. The Kier molecular flexibility index (Phi) is 7.37. The number of benzene rings is 1. The van der Waals surface area contributed by atoms with E-state index in [1.165, 1.54) is 30.6 Å². The molecule has 148 valence electrons. The average molecular weight is 413 g/mol. The van der Waals surface area contributed by atoms with E-state index in [2.05, 4.69) is 0 Å². The van der Waals surface area contributed by atoms with Crippen LogP contribution in [0.3, 0.4) is 0 Å². The molecule has 2 rings (SSSR count). The first-order chi connectivity index (χ1) is 12.8. The summed E-state index contributed by atoms with van der Waals surface area (Å²) in [7, 11) is -2.47. The molecule has 2 aromatic rings. The third kappa shape index (κ3) is 5.07. The molecule has 0 saturated carbocycles. The molecule has 0 aliphatic heterocycles. The fourth-order valence-corrected chi connectivity index (χ4v) is 5.22. The number of nitrogens with one attached hydrogen (secondary N) is 1. The van der Waals surface area contributed by atoms with E-state index >= 15 is 0 Å². The molecule has 0 saturated heterocycles. The smallest absolute Gasteiger partial charge is 0.262 e. The zero-order chi connectivity index (χ0) is 20.0. The number of thiophene rings is 1. The van der Waals surface area contributed by atoms with Crippen LogP contribution in [0.5, 0.6) is 5.75 Å². The molecule has 0 fully saturated rings. The van der Waals surface area contributed by atoms with Crippen molar-refractivity contribution in [2.75, 3.05) is 13.7 Å². The van der Waals surface area contributed by atoms with Gasteiger partial charge in [-0.15, -0.1) is 0 Å². The molecule has 1 aromatic carbocycles. The first-order valence-corrected chi connectivity index (χ1v) is 10.8. The highest BCUT2D eigenvalue weighted by Crippen LogP contribution is 2.25. The van der Waals surface area contributed by atoms with Gasteiger partial charge in [-0.05, 0) is 59.0 Å². The molecule has 7 nitrogen and oxygen atoms in total. The van der Waals surface area contributed by atoms with Crippen molar-refractivity contribution in [3.05, 3.63) is 46.7 Å². The molecular formula is C18H24N2O5S2. The first kappa shape index (κ1) is 21.4. The molecule has 0 aliphatic carbocycles. The average Bonchev–Trinajstić information content (AvgIpc) is 3.17. The maximum Gasteiger partial charge on any atom is 0.262 e. The van der Waals surface area contributed by atoms with E-state index in [4.69, 9.17) is 9.94 Å². The summed E-state index contributed by atoms with van der Waals surface area (Å²) < 4.78 is 32.8. The van der Waals surface area contributed by atoms with E-state index < -0.39 is 22.0 Å². The van der Waals surface area contributed by atoms with E-state index in [1.807, 2.05) is 16.8 Å². The molecular weight excluding hydrogens is 388 g/mol. The number of hydrogen-bond donors (Lipinski definition) is 2. The molecule has 1 aromatic heterocycles. The molecule has 9 heteroatoms. The Morgan fingerprint density at radius 1 is 1.26 bits per heavy atom. The Balaban J connectivity index is 2.42. The summed E-state index contributed by atoms with van der Waals surface area (Å²) in [5, 5.41) is 13.0. The number of carbonyl (C=O) groups is 1. The van der Waals surface area contributed by atoms with Crippen molar-refractivity contribution < 1.29 is 23.2 Å². The maximum absolute atomic E-state index is 13.3. The number of carbonyl (C=O) groups excluding carboxylic acids is 1. The number of ether oxygens (including phenoxy) is 1. The van der Waals surface area contributed by atoms with Gasteiger partial charge in [-0.1, -0.05) is 13.8 Å². The molecule has 0 spiro atoms. The summed E-state index contributed by atoms with van der Waals surface area (Å²) in [6.45, 7) is 3.59. The number of sulfonamides is 1. The van der Waals surface area contributed by atoms with Crippen molar-refractivity contribution in [3.8, 4) is 5.75 Å². The SMILES string of the molecule is COc1ccc(S(=O)(=O)N(CCc2ccsc2)[C@@H](C(=O)NO)C(C)C)cc1. The predicted molar refractivity (Wildman–Crippen MR) is 103 cm³/mol. The molecule has 1 amide bonds. The molecule has 2 N–H and O–H groups in total. The Hall–Kier alpha value is -1.94. The van der Waals surface area contributed by atoms with Crippen LogP contribution >= 0.6 is 11.3 Å². The molecule has 0 radical (unpaired) electrons. The lowest BCUT2D eigenvalue weighted by molar-refractivity contribution is -0.134. The highest BCUT2D eigenvalue weighted by Gasteiger charge is 2.37. The second-order valence-corrected chi connectivity index (χ2v) is 9.01. The normalized spacial score (nSPS) is 13.0. The molecule has 0 aliphatic rings. The Bertz CT molecular complexity index is 833. The summed E-state index contributed by atoms with van der Waals surface area (Å²) >= 11 is 1.52. The third-order valence-corrected chi connectivity index (χ3v) is 6.81. The van der Waals surface area contributed by atoms with Gasteiger partial charge >= 0.3 is 0 Å². The van der Waals surface area contributed by atoms with Gasteiger partial charge in [-0.25, -0.2) is 13.9 Å². The maximum atomic E-state index is 13.3. The van der Waals surface area contributed by atoms with Crippen LogP contribution in [-0.4, -0.2) is 43.5 Å². The number of rotatable bonds is 9. The number of methoxy groups -OCH3 is 1. The van der Waals surface area contributed by atoms with Crippen LogP contribution in [0.2, 0.25) is 0 Å². The van der Waals surface area contributed by atoms with Gasteiger partial charge < -0.3 is 4.74 Å². The standard InChI is InChI=1S/C18H24N2O5S2/c1-13(2)17(18(21)19-22)20(10-8-14-9-11-26-12-14)27(23,24)16-6-4-15(25-3)5-7-16/h4-7,9,11-13,17,22H,8,10H2,1-3H3,(H,19,21)/t17-/m1/s1. The van der Waals surface area contributed by atoms with Crippen molar-refractivity contribution in [1.29, 1.82) is 0 Å². The van der Waals surface area contributed by atoms with Crippen molar-refractivity contribution in [3.63, 3.8) is 0 Å². The van der Waals surface area contributed by atoms with Gasteiger partial charge in [-0.3, -0.25) is 10.0 Å². The minimum atomic E-state index is -3.97. The monoisotopic (exact) mass is 412 g/mol. The van der Waals surface area contributed by atoms with E-state index in [-0.39, 0.29) is 17.4 Å². The Morgan fingerprint density at radius 2 is 1.93 bits per heavy atom. The van der Waals surface area contributed by atoms with Gasteiger partial charge in [0, 0.05) is 6.54 Å². The highest BCUT2D eigenvalue weighted by molar-refractivity contribution is 7.89. The lowest BCUT2D eigenvalue weighted by Gasteiger charge is -2.32. The summed E-state index contributed by atoms with van der Waals surface area (Å²) in [5.41, 5.74) is 2.59. The second-order valence-electron chi connectivity index (χ2n) is 6.34. The van der Waals surface area contributed by atoms with Gasteiger partial charge in [0.1, 0.15) is 11.8 Å². The lowest BCUT2D eigenvalue weighted by Crippen LogP contribution is -2.52. The first-order valence-electron chi connectivity index (χ1n) is 8.42. The summed E-state index contributed by atoms with van der Waals surface area (Å²) in [6, 6.07) is 6.88. The molecule has 1 heterocycles. The van der Waals surface area contributed by atoms with Gasteiger partial charge in [0.2, 0.25) is 10.0 Å². The Morgan fingerprint density at radius 3 is 2.41 bits per heavy atom. The van der Waals surface area contributed by atoms with Crippen LogP contribution in [0, 0.1) is 5.92 Å². The molecule has 0 bridgehead atoms. The zero-order valence-electron chi connectivity index (χ0n) is 15.5. The highest BCUT2D eigenvalue weighted by atomic mass is 32.2. The number of amides is 1. The molecule has 1 atom stereocenters. The number of hydroxylamine groups is 1. The van der Waals surface area contributed by atoms with Crippen LogP contribution in [0.25, 0.3) is 0 Å². The number of hydrogen-bond acceptors (Lipinski definition) is 6. The van der Waals surface area contributed by atoms with Crippen LogP contribution in [0.15, 0.2) is 46.0 Å². The zero-order valence-corrected chi connectivity index (χ0v) is 17.1. The van der Waals surface area contributed by atoms with E-state index in [9.17, 15) is 13.2 Å². The van der Waals surface area contributed by atoms with Crippen LogP contribution in [0.4, 0.5) is 0 Å². The van der Waals surface area contributed by atoms with Gasteiger partial charge in [0.15, 0.2) is 0 Å². The quantitative estimate of drug-likeness (QED) is 0.487.